The molecular formula is C19H25NO. The van der Waals surface area contributed by atoms with Crippen LogP contribution in [0.5, 0.6) is 5.75 Å². The Morgan fingerprint density at radius 2 is 1.57 bits per heavy atom. The maximum Gasteiger partial charge on any atom is 0.119 e. The van der Waals surface area contributed by atoms with Crippen molar-refractivity contribution in [2.24, 2.45) is 11.7 Å². The summed E-state index contributed by atoms with van der Waals surface area (Å²) in [6.45, 7) is 4.90. The number of ether oxygens (including phenoxy) is 1. The van der Waals surface area contributed by atoms with Gasteiger partial charge in [0.2, 0.25) is 0 Å². The molecule has 2 atom stereocenters. The van der Waals surface area contributed by atoms with Crippen molar-refractivity contribution in [2.75, 3.05) is 6.61 Å². The topological polar surface area (TPSA) is 35.2 Å². The van der Waals surface area contributed by atoms with E-state index >= 15 is 0 Å². The van der Waals surface area contributed by atoms with E-state index in [1.807, 2.05) is 18.2 Å². The van der Waals surface area contributed by atoms with Gasteiger partial charge >= 0.3 is 0 Å². The SMILES string of the molecule is CCC(C)C(N)COc1ccc(Cc2ccccc2)cc1. The summed E-state index contributed by atoms with van der Waals surface area (Å²) in [5.74, 6) is 1.38. The van der Waals surface area contributed by atoms with Crippen LogP contribution in [0.1, 0.15) is 31.4 Å². The number of nitrogens with two attached hydrogens (primary N) is 1. The summed E-state index contributed by atoms with van der Waals surface area (Å²) in [6, 6.07) is 18.9. The van der Waals surface area contributed by atoms with Gasteiger partial charge in [0, 0.05) is 6.04 Å². The van der Waals surface area contributed by atoms with E-state index in [1.165, 1.54) is 11.1 Å². The number of benzene rings is 2. The van der Waals surface area contributed by atoms with Gasteiger partial charge < -0.3 is 10.5 Å². The zero-order valence-corrected chi connectivity index (χ0v) is 13.0. The average molecular weight is 283 g/mol. The highest BCUT2D eigenvalue weighted by Gasteiger charge is 2.11. The van der Waals surface area contributed by atoms with Gasteiger partial charge in [-0.25, -0.2) is 0 Å². The lowest BCUT2D eigenvalue weighted by Gasteiger charge is -2.18. The fourth-order valence-electron chi connectivity index (χ4n) is 2.19. The highest BCUT2D eigenvalue weighted by atomic mass is 16.5. The molecule has 0 fully saturated rings. The third-order valence-corrected chi connectivity index (χ3v) is 3.99. The second-order valence-corrected chi connectivity index (χ2v) is 5.67. The molecular weight excluding hydrogens is 258 g/mol. The van der Waals surface area contributed by atoms with Gasteiger partial charge in [0.05, 0.1) is 0 Å². The maximum absolute atomic E-state index is 6.08. The molecule has 2 heteroatoms. The molecule has 0 aromatic heterocycles. The number of hydrogen-bond acceptors (Lipinski definition) is 2. The molecule has 0 aliphatic rings. The summed E-state index contributed by atoms with van der Waals surface area (Å²) in [5.41, 5.74) is 8.70. The molecule has 0 saturated heterocycles. The molecule has 0 saturated carbocycles. The summed E-state index contributed by atoms with van der Waals surface area (Å²) in [7, 11) is 0. The Bertz CT molecular complexity index is 521. The monoisotopic (exact) mass is 283 g/mol. The average Bonchev–Trinajstić information content (AvgIpc) is 2.54. The molecule has 0 bridgehead atoms. The molecule has 0 heterocycles. The Hall–Kier alpha value is -1.80. The predicted molar refractivity (Wildman–Crippen MR) is 88.6 cm³/mol. The molecule has 2 nitrogen and oxygen atoms in total. The van der Waals surface area contributed by atoms with Crippen LogP contribution in [0.4, 0.5) is 0 Å². The van der Waals surface area contributed by atoms with Crippen LogP contribution >= 0.6 is 0 Å². The zero-order chi connectivity index (χ0) is 15.1. The standard InChI is InChI=1S/C19H25NO/c1-3-15(2)19(20)14-21-18-11-9-17(10-12-18)13-16-7-5-4-6-8-16/h4-12,15,19H,3,13-14,20H2,1-2H3. The smallest absolute Gasteiger partial charge is 0.119 e. The van der Waals surface area contributed by atoms with Gasteiger partial charge in [-0.2, -0.15) is 0 Å². The van der Waals surface area contributed by atoms with E-state index in [2.05, 4.69) is 50.2 Å². The first-order valence-electron chi connectivity index (χ1n) is 7.70. The lowest BCUT2D eigenvalue weighted by Crippen LogP contribution is -2.34. The quantitative estimate of drug-likeness (QED) is 0.832. The van der Waals surface area contributed by atoms with Gasteiger partial charge in [-0.3, -0.25) is 0 Å². The van der Waals surface area contributed by atoms with Crippen molar-refractivity contribution in [1.82, 2.24) is 0 Å². The first kappa shape index (κ1) is 15.6. The summed E-state index contributed by atoms with van der Waals surface area (Å²) in [6.07, 6.45) is 2.04. The van der Waals surface area contributed by atoms with Crippen LogP contribution in [0.2, 0.25) is 0 Å². The molecule has 2 N–H and O–H groups in total. The zero-order valence-electron chi connectivity index (χ0n) is 13.0. The Balaban J connectivity index is 1.87. The molecule has 0 aliphatic heterocycles. The second kappa shape index (κ2) is 7.84. The molecule has 2 unspecified atom stereocenters. The Morgan fingerprint density at radius 3 is 2.19 bits per heavy atom. The largest absolute Gasteiger partial charge is 0.492 e. The third-order valence-electron chi connectivity index (χ3n) is 3.99. The molecule has 0 amide bonds. The van der Waals surface area contributed by atoms with Crippen molar-refractivity contribution in [3.05, 3.63) is 65.7 Å². The van der Waals surface area contributed by atoms with Gasteiger partial charge in [-0.15, -0.1) is 0 Å². The first-order valence-corrected chi connectivity index (χ1v) is 7.70. The fourth-order valence-corrected chi connectivity index (χ4v) is 2.19. The molecule has 0 radical (unpaired) electrons. The second-order valence-electron chi connectivity index (χ2n) is 5.67. The lowest BCUT2D eigenvalue weighted by atomic mass is 10.0. The number of hydrogen-bond donors (Lipinski definition) is 1. The molecule has 0 aliphatic carbocycles. The minimum atomic E-state index is 0.0963. The highest BCUT2D eigenvalue weighted by molar-refractivity contribution is 5.31. The summed E-state index contributed by atoms with van der Waals surface area (Å²) in [4.78, 5) is 0. The van der Waals surface area contributed by atoms with E-state index in [-0.39, 0.29) is 6.04 Å². The predicted octanol–water partition coefficient (Wildman–Crippen LogP) is 4.03. The molecule has 2 aromatic carbocycles. The van der Waals surface area contributed by atoms with Crippen LogP contribution in [-0.2, 0) is 6.42 Å². The van der Waals surface area contributed by atoms with E-state index in [1.54, 1.807) is 0 Å². The molecule has 21 heavy (non-hydrogen) atoms. The van der Waals surface area contributed by atoms with Gasteiger partial charge in [0.15, 0.2) is 0 Å². The minimum absolute atomic E-state index is 0.0963. The summed E-state index contributed by atoms with van der Waals surface area (Å²) < 4.78 is 5.77. The van der Waals surface area contributed by atoms with E-state index in [0.29, 0.717) is 12.5 Å². The molecule has 0 spiro atoms. The van der Waals surface area contributed by atoms with Crippen molar-refractivity contribution in [1.29, 1.82) is 0 Å². The van der Waals surface area contributed by atoms with Crippen molar-refractivity contribution in [3.8, 4) is 5.75 Å². The van der Waals surface area contributed by atoms with Crippen LogP contribution < -0.4 is 10.5 Å². The van der Waals surface area contributed by atoms with E-state index in [0.717, 1.165) is 18.6 Å². The van der Waals surface area contributed by atoms with E-state index in [4.69, 9.17) is 10.5 Å². The van der Waals surface area contributed by atoms with Crippen LogP contribution in [-0.4, -0.2) is 12.6 Å². The van der Waals surface area contributed by atoms with Crippen molar-refractivity contribution in [2.45, 2.75) is 32.7 Å². The van der Waals surface area contributed by atoms with Crippen LogP contribution in [0.3, 0.4) is 0 Å². The number of rotatable bonds is 7. The summed E-state index contributed by atoms with van der Waals surface area (Å²) >= 11 is 0. The van der Waals surface area contributed by atoms with Crippen molar-refractivity contribution >= 4 is 0 Å². The minimum Gasteiger partial charge on any atom is -0.492 e. The normalized spacial score (nSPS) is 13.7. The van der Waals surface area contributed by atoms with E-state index < -0.39 is 0 Å². The highest BCUT2D eigenvalue weighted by Crippen LogP contribution is 2.16. The first-order chi connectivity index (χ1) is 10.2. The van der Waals surface area contributed by atoms with Crippen molar-refractivity contribution < 1.29 is 4.74 Å². The Kier molecular flexibility index (Phi) is 5.82. The fraction of sp³-hybridized carbons (Fsp3) is 0.368. The maximum atomic E-state index is 6.08. The van der Waals surface area contributed by atoms with Crippen LogP contribution in [0.15, 0.2) is 54.6 Å². The summed E-state index contributed by atoms with van der Waals surface area (Å²) in [5, 5.41) is 0. The Labute approximate surface area is 127 Å². The molecule has 2 rings (SSSR count). The molecule has 2 aromatic rings. The lowest BCUT2D eigenvalue weighted by molar-refractivity contribution is 0.250. The van der Waals surface area contributed by atoms with Crippen LogP contribution in [0, 0.1) is 5.92 Å². The Morgan fingerprint density at radius 1 is 0.952 bits per heavy atom. The van der Waals surface area contributed by atoms with Gasteiger partial charge in [0.1, 0.15) is 12.4 Å². The van der Waals surface area contributed by atoms with Gasteiger partial charge in [0.25, 0.3) is 0 Å². The van der Waals surface area contributed by atoms with E-state index in [9.17, 15) is 0 Å². The van der Waals surface area contributed by atoms with Gasteiger partial charge in [-0.05, 0) is 35.6 Å². The third kappa shape index (κ3) is 4.91. The van der Waals surface area contributed by atoms with Crippen LogP contribution in [0.25, 0.3) is 0 Å². The van der Waals surface area contributed by atoms with Crippen molar-refractivity contribution in [3.63, 3.8) is 0 Å². The molecule has 112 valence electrons. The van der Waals surface area contributed by atoms with Gasteiger partial charge in [-0.1, -0.05) is 62.7 Å².